The minimum atomic E-state index is 0.266. The van der Waals surface area contributed by atoms with Gasteiger partial charge in [0.2, 0.25) is 5.91 Å². The second kappa shape index (κ2) is 3.92. The lowest BCUT2D eigenvalue weighted by molar-refractivity contribution is -0.129. The molecule has 2 nitrogen and oxygen atoms in total. The van der Waals surface area contributed by atoms with E-state index in [1.54, 1.807) is 0 Å². The van der Waals surface area contributed by atoms with Gasteiger partial charge in [0.25, 0.3) is 0 Å². The molecule has 3 atom stereocenters. The number of nitrogens with one attached hydrogen (secondary N) is 1. The molecule has 1 fully saturated rings. The fraction of sp³-hybridized carbons (Fsp3) is 0.900. The Hall–Kier alpha value is -0.530. The van der Waals surface area contributed by atoms with E-state index in [9.17, 15) is 4.79 Å². The summed E-state index contributed by atoms with van der Waals surface area (Å²) in [7, 11) is 0. The molecule has 12 heavy (non-hydrogen) atoms. The molecule has 2 heteroatoms. The summed E-state index contributed by atoms with van der Waals surface area (Å²) >= 11 is 0. The Morgan fingerprint density at radius 1 is 1.42 bits per heavy atom. The van der Waals surface area contributed by atoms with Gasteiger partial charge in [0, 0.05) is 12.0 Å². The number of hydrogen-bond acceptors (Lipinski definition) is 1. The van der Waals surface area contributed by atoms with E-state index in [2.05, 4.69) is 26.1 Å². The maximum absolute atomic E-state index is 11.4. The van der Waals surface area contributed by atoms with Crippen molar-refractivity contribution in [2.45, 2.75) is 46.1 Å². The molecule has 0 spiro atoms. The second-order valence-corrected chi connectivity index (χ2v) is 3.84. The normalized spacial score (nSPS) is 36.2. The van der Waals surface area contributed by atoms with E-state index in [4.69, 9.17) is 0 Å². The number of hydrogen-bond donors (Lipinski definition) is 1. The molecule has 0 aromatic carbocycles. The predicted molar refractivity (Wildman–Crippen MR) is 49.8 cm³/mol. The van der Waals surface area contributed by atoms with Gasteiger partial charge in [0.15, 0.2) is 0 Å². The van der Waals surface area contributed by atoms with Gasteiger partial charge in [-0.3, -0.25) is 4.79 Å². The van der Waals surface area contributed by atoms with Crippen molar-refractivity contribution in [3.63, 3.8) is 0 Å². The van der Waals surface area contributed by atoms with Crippen LogP contribution in [0.5, 0.6) is 0 Å². The van der Waals surface area contributed by atoms with E-state index in [0.717, 1.165) is 19.3 Å². The van der Waals surface area contributed by atoms with E-state index in [1.807, 2.05) is 0 Å². The molecule has 0 saturated carbocycles. The van der Waals surface area contributed by atoms with Crippen LogP contribution >= 0.6 is 0 Å². The zero-order chi connectivity index (χ0) is 9.14. The minimum absolute atomic E-state index is 0.266. The van der Waals surface area contributed by atoms with Crippen LogP contribution in [-0.2, 0) is 4.79 Å². The quantitative estimate of drug-likeness (QED) is 0.672. The topological polar surface area (TPSA) is 29.1 Å². The van der Waals surface area contributed by atoms with E-state index >= 15 is 0 Å². The molecule has 1 aliphatic heterocycles. The third-order valence-electron chi connectivity index (χ3n) is 2.97. The maximum Gasteiger partial charge on any atom is 0.223 e. The third kappa shape index (κ3) is 1.79. The summed E-state index contributed by atoms with van der Waals surface area (Å²) in [5.41, 5.74) is 0. The zero-order valence-electron chi connectivity index (χ0n) is 8.26. The average Bonchev–Trinajstić information content (AvgIpc) is 2.08. The molecule has 1 N–H and O–H groups in total. The first-order chi connectivity index (χ1) is 5.69. The van der Waals surface area contributed by atoms with Crippen LogP contribution in [0, 0.1) is 11.8 Å². The largest absolute Gasteiger partial charge is 0.353 e. The lowest BCUT2D eigenvalue weighted by Gasteiger charge is -2.33. The summed E-state index contributed by atoms with van der Waals surface area (Å²) in [5, 5.41) is 3.08. The first-order valence-electron chi connectivity index (χ1n) is 4.99. The monoisotopic (exact) mass is 169 g/mol. The van der Waals surface area contributed by atoms with Gasteiger partial charge in [0.1, 0.15) is 0 Å². The molecule has 0 bridgehead atoms. The van der Waals surface area contributed by atoms with Gasteiger partial charge in [-0.15, -0.1) is 0 Å². The third-order valence-corrected chi connectivity index (χ3v) is 2.97. The highest BCUT2D eigenvalue weighted by atomic mass is 16.2. The Bertz CT molecular complexity index is 167. The molecule has 70 valence electrons. The average molecular weight is 169 g/mol. The Labute approximate surface area is 74.7 Å². The van der Waals surface area contributed by atoms with Crippen molar-refractivity contribution in [2.75, 3.05) is 0 Å². The molecular formula is C10H19NO. The summed E-state index contributed by atoms with van der Waals surface area (Å²) in [6.07, 6.45) is 3.11. The molecular weight excluding hydrogens is 150 g/mol. The second-order valence-electron chi connectivity index (χ2n) is 3.84. The van der Waals surface area contributed by atoms with Crippen LogP contribution in [0.3, 0.4) is 0 Å². The highest BCUT2D eigenvalue weighted by Crippen LogP contribution is 2.25. The molecule has 3 unspecified atom stereocenters. The Morgan fingerprint density at radius 2 is 2.08 bits per heavy atom. The van der Waals surface area contributed by atoms with Crippen LogP contribution in [0.15, 0.2) is 0 Å². The minimum Gasteiger partial charge on any atom is -0.353 e. The lowest BCUT2D eigenvalue weighted by Crippen LogP contribution is -2.48. The number of rotatable bonds is 2. The van der Waals surface area contributed by atoms with Crippen LogP contribution in [0.4, 0.5) is 0 Å². The fourth-order valence-electron chi connectivity index (χ4n) is 2.02. The highest BCUT2D eigenvalue weighted by Gasteiger charge is 2.30. The highest BCUT2D eigenvalue weighted by molar-refractivity contribution is 5.79. The van der Waals surface area contributed by atoms with E-state index < -0.39 is 0 Å². The van der Waals surface area contributed by atoms with Crippen molar-refractivity contribution in [1.82, 2.24) is 5.32 Å². The van der Waals surface area contributed by atoms with Gasteiger partial charge in [-0.25, -0.2) is 0 Å². The summed E-state index contributed by atoms with van der Waals surface area (Å²) in [6, 6.07) is 0.417. The van der Waals surface area contributed by atoms with Crippen LogP contribution in [0.25, 0.3) is 0 Å². The summed E-state index contributed by atoms with van der Waals surface area (Å²) in [4.78, 5) is 11.4. The van der Waals surface area contributed by atoms with Gasteiger partial charge in [-0.05, 0) is 25.2 Å². The molecule has 0 aliphatic carbocycles. The van der Waals surface area contributed by atoms with Gasteiger partial charge < -0.3 is 5.32 Å². The van der Waals surface area contributed by atoms with Crippen molar-refractivity contribution in [3.05, 3.63) is 0 Å². The summed E-state index contributed by atoms with van der Waals surface area (Å²) in [6.45, 7) is 6.45. The smallest absolute Gasteiger partial charge is 0.223 e. The van der Waals surface area contributed by atoms with Gasteiger partial charge in [-0.1, -0.05) is 20.8 Å². The van der Waals surface area contributed by atoms with Crippen LogP contribution in [0.1, 0.15) is 40.0 Å². The van der Waals surface area contributed by atoms with Crippen LogP contribution in [0.2, 0.25) is 0 Å². The fourth-order valence-corrected chi connectivity index (χ4v) is 2.02. The number of amides is 1. The molecule has 1 aliphatic rings. The van der Waals surface area contributed by atoms with Gasteiger partial charge in [-0.2, -0.15) is 0 Å². The van der Waals surface area contributed by atoms with E-state index in [0.29, 0.717) is 12.0 Å². The molecule has 0 radical (unpaired) electrons. The lowest BCUT2D eigenvalue weighted by atomic mass is 9.83. The van der Waals surface area contributed by atoms with Crippen LogP contribution in [-0.4, -0.2) is 11.9 Å². The van der Waals surface area contributed by atoms with Gasteiger partial charge in [0.05, 0.1) is 0 Å². The Kier molecular flexibility index (Phi) is 3.12. The summed E-state index contributed by atoms with van der Waals surface area (Å²) < 4.78 is 0. The summed E-state index contributed by atoms with van der Waals surface area (Å²) in [5.74, 6) is 1.18. The molecule has 1 amide bonds. The first kappa shape index (κ1) is 9.56. The first-order valence-corrected chi connectivity index (χ1v) is 4.99. The van der Waals surface area contributed by atoms with Crippen molar-refractivity contribution in [2.24, 2.45) is 11.8 Å². The zero-order valence-corrected chi connectivity index (χ0v) is 8.26. The molecule has 0 aromatic rings. The molecule has 1 saturated heterocycles. The number of piperidine rings is 1. The van der Waals surface area contributed by atoms with Gasteiger partial charge >= 0.3 is 0 Å². The Morgan fingerprint density at radius 3 is 2.58 bits per heavy atom. The molecule has 1 rings (SSSR count). The van der Waals surface area contributed by atoms with Crippen LogP contribution < -0.4 is 5.32 Å². The Balaban J connectivity index is 2.55. The maximum atomic E-state index is 11.4. The SMILES string of the molecule is CCC1CC(C)C(CC)NC1=O. The predicted octanol–water partition coefficient (Wildman–Crippen LogP) is 1.95. The van der Waals surface area contributed by atoms with Crippen molar-refractivity contribution >= 4 is 5.91 Å². The van der Waals surface area contributed by atoms with Crippen molar-refractivity contribution in [3.8, 4) is 0 Å². The van der Waals surface area contributed by atoms with Crippen molar-refractivity contribution < 1.29 is 4.79 Å². The van der Waals surface area contributed by atoms with E-state index in [-0.39, 0.29) is 11.8 Å². The van der Waals surface area contributed by atoms with E-state index in [1.165, 1.54) is 0 Å². The van der Waals surface area contributed by atoms with Crippen molar-refractivity contribution in [1.29, 1.82) is 0 Å². The molecule has 0 aromatic heterocycles. The standard InChI is InChI=1S/C10H19NO/c1-4-8-6-7(3)9(5-2)11-10(8)12/h7-9H,4-6H2,1-3H3,(H,11,12). The molecule has 1 heterocycles. The number of carbonyl (C=O) groups excluding carboxylic acids is 1. The number of carbonyl (C=O) groups is 1.